The maximum absolute atomic E-state index is 13.5. The van der Waals surface area contributed by atoms with Gasteiger partial charge in [0.25, 0.3) is 0 Å². The minimum Gasteiger partial charge on any atom is -0.372 e. The summed E-state index contributed by atoms with van der Waals surface area (Å²) in [5, 5.41) is 9.34. The zero-order valence-electron chi connectivity index (χ0n) is 18.2. The monoisotopic (exact) mass is 428 g/mol. The van der Waals surface area contributed by atoms with Crippen molar-refractivity contribution in [2.75, 3.05) is 10.6 Å². The average Bonchev–Trinajstić information content (AvgIpc) is 3.22. The fourth-order valence-electron chi connectivity index (χ4n) is 4.65. The molecule has 0 amide bonds. The molecule has 0 unspecified atom stereocenters. The first-order chi connectivity index (χ1) is 14.9. The van der Waals surface area contributed by atoms with Gasteiger partial charge in [-0.3, -0.25) is 4.79 Å². The number of allylic oxidation sites excluding steroid dienone is 1. The number of hydrogen-bond acceptors (Lipinski definition) is 4. The Hall–Kier alpha value is -2.85. The molecule has 3 aromatic rings. The standard InChI is InChI=1S/C27H28N2OS/c1-27(2,3)19-12-10-17(11-13-19)18-15-22-25(23(30)16-18)26(24-9-6-14-31-24)29-21-8-5-4-7-20(21)28-22/h4-14,18,26,28-29H,15-16H2,1-3H3/t18-,26-/m0/s1. The first-order valence-corrected chi connectivity index (χ1v) is 11.8. The molecular formula is C27H28N2OS. The Kier molecular flexibility index (Phi) is 4.98. The van der Waals surface area contributed by atoms with Gasteiger partial charge >= 0.3 is 0 Å². The Morgan fingerprint density at radius 3 is 2.32 bits per heavy atom. The zero-order valence-corrected chi connectivity index (χ0v) is 19.1. The second-order valence-corrected chi connectivity index (χ2v) is 10.5. The molecule has 1 aromatic heterocycles. The number of thiophene rings is 1. The van der Waals surface area contributed by atoms with Crippen molar-refractivity contribution in [1.29, 1.82) is 0 Å². The van der Waals surface area contributed by atoms with E-state index in [0.29, 0.717) is 6.42 Å². The molecule has 0 radical (unpaired) electrons. The van der Waals surface area contributed by atoms with Crippen LogP contribution in [0.2, 0.25) is 0 Å². The number of ketones is 1. The molecule has 2 aromatic carbocycles. The van der Waals surface area contributed by atoms with E-state index >= 15 is 0 Å². The highest BCUT2D eigenvalue weighted by molar-refractivity contribution is 7.10. The summed E-state index contributed by atoms with van der Waals surface area (Å²) in [4.78, 5) is 14.7. The molecule has 2 heterocycles. The third kappa shape index (κ3) is 3.81. The maximum atomic E-state index is 13.5. The van der Waals surface area contributed by atoms with Crippen molar-refractivity contribution in [3.63, 3.8) is 0 Å². The van der Waals surface area contributed by atoms with E-state index in [1.54, 1.807) is 11.3 Å². The Labute approximate surface area is 188 Å². The van der Waals surface area contributed by atoms with Crippen molar-refractivity contribution >= 4 is 28.5 Å². The SMILES string of the molecule is CC(C)(C)c1ccc([C@@H]2CC(=O)C3=C(C2)Nc2ccccc2N[C@H]3c2cccs2)cc1. The van der Waals surface area contributed by atoms with Crippen molar-refractivity contribution in [3.8, 4) is 0 Å². The molecule has 0 bridgehead atoms. The molecule has 1 aliphatic carbocycles. The van der Waals surface area contributed by atoms with Gasteiger partial charge in [0.2, 0.25) is 0 Å². The van der Waals surface area contributed by atoms with Crippen LogP contribution in [0.1, 0.15) is 61.6 Å². The van der Waals surface area contributed by atoms with Crippen LogP contribution in [0.5, 0.6) is 0 Å². The number of carbonyl (C=O) groups is 1. The van der Waals surface area contributed by atoms with Gasteiger partial charge in [-0.15, -0.1) is 11.3 Å². The van der Waals surface area contributed by atoms with Crippen molar-refractivity contribution < 1.29 is 4.79 Å². The molecule has 0 saturated heterocycles. The average molecular weight is 429 g/mol. The van der Waals surface area contributed by atoms with Gasteiger partial charge in [-0.05, 0) is 52.5 Å². The van der Waals surface area contributed by atoms with Crippen LogP contribution in [0.3, 0.4) is 0 Å². The lowest BCUT2D eigenvalue weighted by molar-refractivity contribution is -0.116. The summed E-state index contributed by atoms with van der Waals surface area (Å²) in [5.74, 6) is 0.430. The number of benzene rings is 2. The Morgan fingerprint density at radius 1 is 0.903 bits per heavy atom. The molecule has 158 valence electrons. The first-order valence-electron chi connectivity index (χ1n) is 10.9. The highest BCUT2D eigenvalue weighted by atomic mass is 32.1. The van der Waals surface area contributed by atoms with Gasteiger partial charge in [0, 0.05) is 22.6 Å². The van der Waals surface area contributed by atoms with Gasteiger partial charge in [-0.2, -0.15) is 0 Å². The minimum absolute atomic E-state index is 0.108. The van der Waals surface area contributed by atoms with Gasteiger partial charge in [0.1, 0.15) is 0 Å². The van der Waals surface area contributed by atoms with E-state index in [2.05, 4.69) is 85.3 Å². The Balaban J connectivity index is 1.53. The Morgan fingerprint density at radius 2 is 1.65 bits per heavy atom. The maximum Gasteiger partial charge on any atom is 0.163 e. The van der Waals surface area contributed by atoms with Crippen molar-refractivity contribution in [2.24, 2.45) is 0 Å². The number of Topliss-reactive ketones (excluding diaryl/α,β-unsaturated/α-hetero) is 1. The molecule has 5 rings (SSSR count). The number of nitrogens with one attached hydrogen (secondary N) is 2. The summed E-state index contributed by atoms with van der Waals surface area (Å²) in [5.41, 5.74) is 6.70. The van der Waals surface area contributed by atoms with Crippen molar-refractivity contribution in [3.05, 3.63) is 93.3 Å². The molecule has 2 atom stereocenters. The van der Waals surface area contributed by atoms with Crippen LogP contribution in [-0.2, 0) is 10.2 Å². The van der Waals surface area contributed by atoms with Crippen LogP contribution in [0.15, 0.2) is 77.3 Å². The lowest BCUT2D eigenvalue weighted by Gasteiger charge is -2.29. The molecule has 2 N–H and O–H groups in total. The molecule has 0 spiro atoms. The quantitative estimate of drug-likeness (QED) is 0.460. The summed E-state index contributed by atoms with van der Waals surface area (Å²) >= 11 is 1.70. The Bertz CT molecular complexity index is 1140. The van der Waals surface area contributed by atoms with E-state index < -0.39 is 0 Å². The van der Waals surface area contributed by atoms with Gasteiger partial charge in [-0.25, -0.2) is 0 Å². The minimum atomic E-state index is -0.108. The van der Waals surface area contributed by atoms with Gasteiger partial charge in [0.15, 0.2) is 5.78 Å². The van der Waals surface area contributed by atoms with E-state index in [1.165, 1.54) is 16.0 Å². The number of carbonyl (C=O) groups excluding carboxylic acids is 1. The molecule has 4 heteroatoms. The summed E-state index contributed by atoms with van der Waals surface area (Å²) in [6.07, 6.45) is 1.39. The van der Waals surface area contributed by atoms with E-state index in [-0.39, 0.29) is 23.2 Å². The van der Waals surface area contributed by atoms with Gasteiger partial charge in [0.05, 0.1) is 17.4 Å². The molecule has 3 nitrogen and oxygen atoms in total. The predicted molar refractivity (Wildman–Crippen MR) is 130 cm³/mol. The van der Waals surface area contributed by atoms with Crippen LogP contribution in [-0.4, -0.2) is 5.78 Å². The second kappa shape index (κ2) is 7.69. The highest BCUT2D eigenvalue weighted by Crippen LogP contribution is 2.45. The van der Waals surface area contributed by atoms with Crippen LogP contribution in [0.25, 0.3) is 0 Å². The fourth-order valence-corrected chi connectivity index (χ4v) is 5.44. The topological polar surface area (TPSA) is 41.1 Å². The third-order valence-electron chi connectivity index (χ3n) is 6.38. The van der Waals surface area contributed by atoms with E-state index in [1.807, 2.05) is 12.1 Å². The lowest BCUT2D eigenvalue weighted by atomic mass is 9.78. The normalized spacial score (nSPS) is 20.9. The second-order valence-electron chi connectivity index (χ2n) is 9.56. The number of rotatable bonds is 2. The lowest BCUT2D eigenvalue weighted by Crippen LogP contribution is -2.26. The predicted octanol–water partition coefficient (Wildman–Crippen LogP) is 7.03. The first kappa shape index (κ1) is 20.1. The van der Waals surface area contributed by atoms with Gasteiger partial charge in [-0.1, -0.05) is 63.2 Å². The van der Waals surface area contributed by atoms with Crippen LogP contribution in [0.4, 0.5) is 11.4 Å². The van der Waals surface area contributed by atoms with Gasteiger partial charge < -0.3 is 10.6 Å². The van der Waals surface area contributed by atoms with E-state index in [4.69, 9.17) is 0 Å². The number of hydrogen-bond donors (Lipinski definition) is 2. The third-order valence-corrected chi connectivity index (χ3v) is 7.32. The number of fused-ring (bicyclic) bond motifs is 1. The zero-order chi connectivity index (χ0) is 21.6. The number of anilines is 2. The van der Waals surface area contributed by atoms with Crippen molar-refractivity contribution in [2.45, 2.75) is 51.0 Å². The molecule has 0 saturated carbocycles. The molecular weight excluding hydrogens is 400 g/mol. The number of para-hydroxylation sites is 2. The molecule has 0 fully saturated rings. The highest BCUT2D eigenvalue weighted by Gasteiger charge is 2.36. The molecule has 1 aliphatic heterocycles. The van der Waals surface area contributed by atoms with Crippen molar-refractivity contribution in [1.82, 2.24) is 0 Å². The van der Waals surface area contributed by atoms with E-state index in [0.717, 1.165) is 29.1 Å². The van der Waals surface area contributed by atoms with E-state index in [9.17, 15) is 4.79 Å². The largest absolute Gasteiger partial charge is 0.372 e. The van der Waals surface area contributed by atoms with Crippen LogP contribution in [0, 0.1) is 0 Å². The molecule has 2 aliphatic rings. The van der Waals surface area contributed by atoms with Crippen LogP contribution >= 0.6 is 11.3 Å². The summed E-state index contributed by atoms with van der Waals surface area (Å²) < 4.78 is 0. The molecule has 31 heavy (non-hydrogen) atoms. The smallest absolute Gasteiger partial charge is 0.163 e. The summed E-state index contributed by atoms with van der Waals surface area (Å²) in [7, 11) is 0. The van der Waals surface area contributed by atoms with Crippen LogP contribution < -0.4 is 10.6 Å². The fraction of sp³-hybridized carbons (Fsp3) is 0.296. The summed E-state index contributed by atoms with van der Waals surface area (Å²) in [6.45, 7) is 6.69. The summed E-state index contributed by atoms with van der Waals surface area (Å²) in [6, 6.07) is 21.1.